The summed E-state index contributed by atoms with van der Waals surface area (Å²) < 4.78 is 1.85. The highest BCUT2D eigenvalue weighted by molar-refractivity contribution is 9.11. The van der Waals surface area contributed by atoms with E-state index in [-0.39, 0.29) is 5.91 Å². The third kappa shape index (κ3) is 3.51. The van der Waals surface area contributed by atoms with E-state index in [0.717, 1.165) is 52.9 Å². The number of carbonyl (C=O) groups excluding carboxylic acids is 1. The van der Waals surface area contributed by atoms with Gasteiger partial charge in [0.1, 0.15) is 0 Å². The van der Waals surface area contributed by atoms with Crippen molar-refractivity contribution in [2.75, 3.05) is 19.6 Å². The first-order valence-electron chi connectivity index (χ1n) is 7.63. The van der Waals surface area contributed by atoms with Crippen molar-refractivity contribution in [3.63, 3.8) is 0 Å². The van der Waals surface area contributed by atoms with Gasteiger partial charge in [0, 0.05) is 28.1 Å². The Balaban J connectivity index is 1.62. The molecule has 5 heteroatoms. The Kier molecular flexibility index (Phi) is 5.02. The highest BCUT2D eigenvalue weighted by atomic mass is 79.9. The van der Waals surface area contributed by atoms with Crippen LogP contribution in [0.1, 0.15) is 36.0 Å². The molecule has 3 rings (SSSR count). The second-order valence-corrected chi connectivity index (χ2v) is 7.73. The number of benzene rings is 1. The molecule has 0 saturated carbocycles. The number of amides is 1. The Labute approximate surface area is 142 Å². The fourth-order valence-electron chi connectivity index (χ4n) is 3.45. The van der Waals surface area contributed by atoms with E-state index in [2.05, 4.69) is 37.2 Å². The predicted molar refractivity (Wildman–Crippen MR) is 91.5 cm³/mol. The average Bonchev–Trinajstić information content (AvgIpc) is 3.01. The zero-order chi connectivity index (χ0) is 14.8. The maximum absolute atomic E-state index is 12.6. The van der Waals surface area contributed by atoms with Crippen LogP contribution in [-0.4, -0.2) is 36.5 Å². The van der Waals surface area contributed by atoms with E-state index in [1.165, 1.54) is 12.8 Å². The molecule has 1 atom stereocenters. The van der Waals surface area contributed by atoms with Crippen LogP contribution in [0.25, 0.3) is 0 Å². The normalized spacial score (nSPS) is 23.5. The van der Waals surface area contributed by atoms with Gasteiger partial charge in [-0.3, -0.25) is 4.79 Å². The van der Waals surface area contributed by atoms with Crippen LogP contribution in [-0.2, 0) is 0 Å². The Bertz CT molecular complexity index is 521. The van der Waals surface area contributed by atoms with Gasteiger partial charge in [0.2, 0.25) is 0 Å². The summed E-state index contributed by atoms with van der Waals surface area (Å²) in [4.78, 5) is 14.6. The quantitative estimate of drug-likeness (QED) is 0.796. The Morgan fingerprint density at radius 3 is 2.57 bits per heavy atom. The first-order chi connectivity index (χ1) is 10.1. The standard InChI is InChI=1S/C16H20Br2N2O/c17-12-3-4-13(14(18)10-12)16(21)20-8-5-11(6-9-20)15-2-1-7-19-15/h3-4,10-11,15,19H,1-2,5-9H2. The number of halogens is 2. The van der Waals surface area contributed by atoms with E-state index >= 15 is 0 Å². The zero-order valence-electron chi connectivity index (χ0n) is 11.9. The second kappa shape index (κ2) is 6.80. The largest absolute Gasteiger partial charge is 0.339 e. The fraction of sp³-hybridized carbons (Fsp3) is 0.562. The number of carbonyl (C=O) groups is 1. The summed E-state index contributed by atoms with van der Waals surface area (Å²) in [5.74, 6) is 0.886. The monoisotopic (exact) mass is 414 g/mol. The predicted octanol–water partition coefficient (Wildman–Crippen LogP) is 3.82. The lowest BCUT2D eigenvalue weighted by molar-refractivity contribution is 0.0673. The minimum absolute atomic E-state index is 0.146. The summed E-state index contributed by atoms with van der Waals surface area (Å²) in [7, 11) is 0. The van der Waals surface area contributed by atoms with Crippen molar-refractivity contribution in [2.45, 2.75) is 31.7 Å². The van der Waals surface area contributed by atoms with Crippen molar-refractivity contribution >= 4 is 37.8 Å². The molecule has 2 aliphatic rings. The maximum atomic E-state index is 12.6. The number of hydrogen-bond donors (Lipinski definition) is 1. The molecule has 0 radical (unpaired) electrons. The number of hydrogen-bond acceptors (Lipinski definition) is 2. The Morgan fingerprint density at radius 1 is 1.19 bits per heavy atom. The van der Waals surface area contributed by atoms with Gasteiger partial charge in [-0.05, 0) is 72.3 Å². The molecule has 1 N–H and O–H groups in total. The smallest absolute Gasteiger partial charge is 0.254 e. The SMILES string of the molecule is O=C(c1ccc(Br)cc1Br)N1CCC(C2CCCN2)CC1. The third-order valence-electron chi connectivity index (χ3n) is 4.66. The van der Waals surface area contributed by atoms with Gasteiger partial charge in [0.15, 0.2) is 0 Å². The van der Waals surface area contributed by atoms with Crippen molar-refractivity contribution in [2.24, 2.45) is 5.92 Å². The van der Waals surface area contributed by atoms with Crippen molar-refractivity contribution in [3.05, 3.63) is 32.7 Å². The molecule has 2 aliphatic heterocycles. The lowest BCUT2D eigenvalue weighted by atomic mass is 9.88. The Hall–Kier alpha value is -0.390. The minimum atomic E-state index is 0.146. The molecule has 0 bridgehead atoms. The molecule has 0 spiro atoms. The van der Waals surface area contributed by atoms with E-state index in [0.29, 0.717) is 6.04 Å². The van der Waals surface area contributed by atoms with Crippen LogP contribution in [0.2, 0.25) is 0 Å². The number of rotatable bonds is 2. The van der Waals surface area contributed by atoms with Gasteiger partial charge in [-0.2, -0.15) is 0 Å². The number of nitrogens with zero attached hydrogens (tertiary/aromatic N) is 1. The molecule has 2 heterocycles. The van der Waals surface area contributed by atoms with Crippen LogP contribution in [0.15, 0.2) is 27.1 Å². The van der Waals surface area contributed by atoms with Crippen LogP contribution >= 0.6 is 31.9 Å². The number of piperidine rings is 1. The highest BCUT2D eigenvalue weighted by Gasteiger charge is 2.30. The number of likely N-dealkylation sites (tertiary alicyclic amines) is 1. The Morgan fingerprint density at radius 2 is 1.95 bits per heavy atom. The lowest BCUT2D eigenvalue weighted by Crippen LogP contribution is -2.43. The van der Waals surface area contributed by atoms with Gasteiger partial charge < -0.3 is 10.2 Å². The molecule has 114 valence electrons. The molecule has 1 unspecified atom stereocenters. The molecular formula is C16H20Br2N2O. The van der Waals surface area contributed by atoms with Gasteiger partial charge in [0.05, 0.1) is 5.56 Å². The van der Waals surface area contributed by atoms with Gasteiger partial charge >= 0.3 is 0 Å². The van der Waals surface area contributed by atoms with Crippen LogP contribution in [0.5, 0.6) is 0 Å². The first-order valence-corrected chi connectivity index (χ1v) is 9.21. The lowest BCUT2D eigenvalue weighted by Gasteiger charge is -2.35. The van der Waals surface area contributed by atoms with Crippen molar-refractivity contribution < 1.29 is 4.79 Å². The minimum Gasteiger partial charge on any atom is -0.339 e. The van der Waals surface area contributed by atoms with Gasteiger partial charge in [0.25, 0.3) is 5.91 Å². The zero-order valence-corrected chi connectivity index (χ0v) is 15.1. The molecule has 21 heavy (non-hydrogen) atoms. The summed E-state index contributed by atoms with van der Waals surface area (Å²) in [5, 5.41) is 3.60. The van der Waals surface area contributed by atoms with Crippen molar-refractivity contribution in [1.82, 2.24) is 10.2 Å². The summed E-state index contributed by atoms with van der Waals surface area (Å²) in [6, 6.07) is 6.43. The summed E-state index contributed by atoms with van der Waals surface area (Å²) in [6.07, 6.45) is 4.85. The van der Waals surface area contributed by atoms with Gasteiger partial charge in [-0.25, -0.2) is 0 Å². The van der Waals surface area contributed by atoms with Crippen LogP contribution in [0, 0.1) is 5.92 Å². The molecule has 3 nitrogen and oxygen atoms in total. The molecule has 0 aliphatic carbocycles. The van der Waals surface area contributed by atoms with Crippen LogP contribution in [0.4, 0.5) is 0 Å². The van der Waals surface area contributed by atoms with Crippen molar-refractivity contribution in [1.29, 1.82) is 0 Å². The van der Waals surface area contributed by atoms with E-state index < -0.39 is 0 Å². The van der Waals surface area contributed by atoms with Gasteiger partial charge in [-0.15, -0.1) is 0 Å². The fourth-order valence-corrected chi connectivity index (χ4v) is 4.67. The first kappa shape index (κ1) is 15.5. The summed E-state index contributed by atoms with van der Waals surface area (Å²) in [5.41, 5.74) is 0.760. The van der Waals surface area contributed by atoms with E-state index in [9.17, 15) is 4.79 Å². The van der Waals surface area contributed by atoms with E-state index in [4.69, 9.17) is 0 Å². The molecule has 0 aromatic heterocycles. The van der Waals surface area contributed by atoms with Crippen molar-refractivity contribution in [3.8, 4) is 0 Å². The highest BCUT2D eigenvalue weighted by Crippen LogP contribution is 2.28. The molecule has 1 aromatic rings. The van der Waals surface area contributed by atoms with Gasteiger partial charge in [-0.1, -0.05) is 15.9 Å². The molecule has 2 fully saturated rings. The maximum Gasteiger partial charge on any atom is 0.254 e. The van der Waals surface area contributed by atoms with E-state index in [1.54, 1.807) is 0 Å². The molecule has 1 amide bonds. The number of nitrogens with one attached hydrogen (secondary N) is 1. The average molecular weight is 416 g/mol. The molecule has 1 aromatic carbocycles. The second-order valence-electron chi connectivity index (χ2n) is 5.96. The van der Waals surface area contributed by atoms with Crippen LogP contribution in [0.3, 0.4) is 0 Å². The van der Waals surface area contributed by atoms with E-state index in [1.807, 2.05) is 23.1 Å². The topological polar surface area (TPSA) is 32.3 Å². The molecule has 2 saturated heterocycles. The van der Waals surface area contributed by atoms with Crippen LogP contribution < -0.4 is 5.32 Å². The summed E-state index contributed by atoms with van der Waals surface area (Å²) in [6.45, 7) is 2.92. The third-order valence-corrected chi connectivity index (χ3v) is 5.81. The summed E-state index contributed by atoms with van der Waals surface area (Å²) >= 11 is 6.92. The molecular weight excluding hydrogens is 396 g/mol.